The van der Waals surface area contributed by atoms with Crippen molar-refractivity contribution >= 4 is 17.4 Å². The van der Waals surface area contributed by atoms with Crippen molar-refractivity contribution in [1.29, 1.82) is 0 Å². The van der Waals surface area contributed by atoms with E-state index >= 15 is 0 Å². The third kappa shape index (κ3) is 5.99. The van der Waals surface area contributed by atoms with E-state index in [1.807, 2.05) is 12.1 Å². The van der Waals surface area contributed by atoms with Gasteiger partial charge in [-0.1, -0.05) is 13.8 Å². The maximum atomic E-state index is 11.4. The van der Waals surface area contributed by atoms with Crippen molar-refractivity contribution in [2.75, 3.05) is 43.4 Å². The number of nitrogens with zero attached hydrogens (tertiary/aromatic N) is 2. The van der Waals surface area contributed by atoms with Gasteiger partial charge in [0.1, 0.15) is 5.82 Å². The minimum absolute atomic E-state index is 0.0865. The maximum Gasteiger partial charge on any atom is 0.225 e. The molecule has 112 valence electrons. The largest absolute Gasteiger partial charge is 0.369 e. The smallest absolute Gasteiger partial charge is 0.225 e. The molecule has 0 aliphatic carbocycles. The van der Waals surface area contributed by atoms with Crippen LogP contribution in [0, 0.1) is 0 Å². The molecule has 1 aromatic rings. The molecule has 0 saturated heterocycles. The number of carbonyl (C=O) groups is 1. The maximum absolute atomic E-state index is 11.4. The second kappa shape index (κ2) is 9.28. The summed E-state index contributed by atoms with van der Waals surface area (Å²) in [6.07, 6.45) is 1.97. The second-order valence-electron chi connectivity index (χ2n) is 4.47. The predicted octanol–water partition coefficient (Wildman–Crippen LogP) is 1.12. The standard InChI is InChI=1S/C14H25N5O/c1-3-19(4-2)10-9-16-13-6-5-12(11-17-13)18-14(20)7-8-15/h5-6,11H,3-4,7-10,15H2,1-2H3,(H,16,17)(H,18,20). The van der Waals surface area contributed by atoms with E-state index in [1.165, 1.54) is 0 Å². The van der Waals surface area contributed by atoms with Crippen molar-refractivity contribution in [3.63, 3.8) is 0 Å². The van der Waals surface area contributed by atoms with Crippen LogP contribution in [0.25, 0.3) is 0 Å². The number of pyridine rings is 1. The molecule has 0 aromatic carbocycles. The first-order chi connectivity index (χ1) is 9.69. The van der Waals surface area contributed by atoms with E-state index in [9.17, 15) is 4.79 Å². The average molecular weight is 279 g/mol. The summed E-state index contributed by atoms with van der Waals surface area (Å²) in [4.78, 5) is 18.0. The molecular formula is C14H25N5O. The third-order valence-electron chi connectivity index (χ3n) is 3.05. The Morgan fingerprint density at radius 2 is 2.10 bits per heavy atom. The molecule has 6 nitrogen and oxygen atoms in total. The SMILES string of the molecule is CCN(CC)CCNc1ccc(NC(=O)CCN)cn1. The molecule has 0 fully saturated rings. The molecule has 0 spiro atoms. The Kier molecular flexibility index (Phi) is 7.60. The van der Waals surface area contributed by atoms with Crippen LogP contribution in [0.2, 0.25) is 0 Å². The van der Waals surface area contributed by atoms with Crippen LogP contribution >= 0.6 is 0 Å². The lowest BCUT2D eigenvalue weighted by molar-refractivity contribution is -0.116. The normalized spacial score (nSPS) is 10.6. The number of nitrogens with two attached hydrogens (primary N) is 1. The Morgan fingerprint density at radius 3 is 2.65 bits per heavy atom. The summed E-state index contributed by atoms with van der Waals surface area (Å²) in [5.74, 6) is 0.727. The second-order valence-corrected chi connectivity index (χ2v) is 4.47. The van der Waals surface area contributed by atoms with Crippen molar-refractivity contribution in [2.45, 2.75) is 20.3 Å². The van der Waals surface area contributed by atoms with Crippen molar-refractivity contribution in [1.82, 2.24) is 9.88 Å². The Balaban J connectivity index is 2.37. The van der Waals surface area contributed by atoms with E-state index in [0.29, 0.717) is 18.7 Å². The molecule has 0 saturated carbocycles. The molecule has 1 rings (SSSR count). The van der Waals surface area contributed by atoms with E-state index in [0.717, 1.165) is 32.0 Å². The number of anilines is 2. The van der Waals surface area contributed by atoms with Gasteiger partial charge in [0, 0.05) is 26.1 Å². The molecule has 0 atom stereocenters. The van der Waals surface area contributed by atoms with Gasteiger partial charge in [-0.05, 0) is 25.2 Å². The molecule has 0 radical (unpaired) electrons. The molecule has 1 aromatic heterocycles. The Morgan fingerprint density at radius 1 is 1.35 bits per heavy atom. The molecule has 0 aliphatic heterocycles. The highest BCUT2D eigenvalue weighted by Crippen LogP contribution is 2.09. The molecule has 0 bridgehead atoms. The van der Waals surface area contributed by atoms with Crippen LogP contribution in [0.4, 0.5) is 11.5 Å². The summed E-state index contributed by atoms with van der Waals surface area (Å²) < 4.78 is 0. The number of carbonyl (C=O) groups excluding carboxylic acids is 1. The number of hydrogen-bond acceptors (Lipinski definition) is 5. The van der Waals surface area contributed by atoms with Gasteiger partial charge >= 0.3 is 0 Å². The minimum Gasteiger partial charge on any atom is -0.369 e. The van der Waals surface area contributed by atoms with Crippen LogP contribution in [-0.4, -0.2) is 48.5 Å². The summed E-state index contributed by atoms with van der Waals surface area (Å²) in [6, 6.07) is 3.70. The van der Waals surface area contributed by atoms with Crippen LogP contribution in [0.15, 0.2) is 18.3 Å². The highest BCUT2D eigenvalue weighted by molar-refractivity contribution is 5.90. The van der Waals surface area contributed by atoms with Crippen molar-refractivity contribution < 1.29 is 4.79 Å². The lowest BCUT2D eigenvalue weighted by atomic mass is 10.3. The minimum atomic E-state index is -0.0865. The Hall–Kier alpha value is -1.66. The number of aromatic nitrogens is 1. The zero-order chi connectivity index (χ0) is 14.8. The summed E-state index contributed by atoms with van der Waals surface area (Å²) in [6.45, 7) is 8.61. The van der Waals surface area contributed by atoms with E-state index in [1.54, 1.807) is 6.20 Å². The molecule has 20 heavy (non-hydrogen) atoms. The number of nitrogens with one attached hydrogen (secondary N) is 2. The number of likely N-dealkylation sites (N-methyl/N-ethyl adjacent to an activating group) is 1. The van der Waals surface area contributed by atoms with Crippen LogP contribution in [0.5, 0.6) is 0 Å². The Labute approximate surface area is 120 Å². The third-order valence-corrected chi connectivity index (χ3v) is 3.05. The molecule has 4 N–H and O–H groups in total. The van der Waals surface area contributed by atoms with Gasteiger partial charge < -0.3 is 21.3 Å². The lowest BCUT2D eigenvalue weighted by Gasteiger charge is -2.18. The number of rotatable bonds is 9. The first-order valence-electron chi connectivity index (χ1n) is 7.11. The quantitative estimate of drug-likeness (QED) is 0.631. The molecule has 0 aliphatic rings. The van der Waals surface area contributed by atoms with Gasteiger partial charge in [0.25, 0.3) is 0 Å². The molecule has 1 heterocycles. The van der Waals surface area contributed by atoms with Crippen molar-refractivity contribution in [3.8, 4) is 0 Å². The summed E-state index contributed by atoms with van der Waals surface area (Å²) in [5.41, 5.74) is 6.01. The Bertz CT molecular complexity index is 389. The highest BCUT2D eigenvalue weighted by Gasteiger charge is 2.02. The summed E-state index contributed by atoms with van der Waals surface area (Å²) in [5, 5.41) is 6.01. The fourth-order valence-electron chi connectivity index (χ4n) is 1.81. The zero-order valence-electron chi connectivity index (χ0n) is 12.4. The van der Waals surface area contributed by atoms with E-state index in [-0.39, 0.29) is 5.91 Å². The van der Waals surface area contributed by atoms with Gasteiger partial charge in [-0.15, -0.1) is 0 Å². The summed E-state index contributed by atoms with van der Waals surface area (Å²) >= 11 is 0. The lowest BCUT2D eigenvalue weighted by Crippen LogP contribution is -2.28. The van der Waals surface area contributed by atoms with Crippen LogP contribution in [0.3, 0.4) is 0 Å². The fraction of sp³-hybridized carbons (Fsp3) is 0.571. The fourth-order valence-corrected chi connectivity index (χ4v) is 1.81. The summed E-state index contributed by atoms with van der Waals surface area (Å²) in [7, 11) is 0. The van der Waals surface area contributed by atoms with Crippen LogP contribution < -0.4 is 16.4 Å². The number of hydrogen-bond donors (Lipinski definition) is 3. The first kappa shape index (κ1) is 16.4. The van der Waals surface area contributed by atoms with E-state index in [4.69, 9.17) is 5.73 Å². The number of amides is 1. The van der Waals surface area contributed by atoms with Crippen molar-refractivity contribution in [2.24, 2.45) is 5.73 Å². The van der Waals surface area contributed by atoms with Gasteiger partial charge in [0.15, 0.2) is 0 Å². The zero-order valence-corrected chi connectivity index (χ0v) is 12.4. The van der Waals surface area contributed by atoms with Gasteiger partial charge in [0.2, 0.25) is 5.91 Å². The first-order valence-corrected chi connectivity index (χ1v) is 7.11. The monoisotopic (exact) mass is 279 g/mol. The topological polar surface area (TPSA) is 83.3 Å². The van der Waals surface area contributed by atoms with E-state index < -0.39 is 0 Å². The van der Waals surface area contributed by atoms with Crippen LogP contribution in [-0.2, 0) is 4.79 Å². The predicted molar refractivity (Wildman–Crippen MR) is 82.8 cm³/mol. The molecule has 6 heteroatoms. The molecule has 1 amide bonds. The van der Waals surface area contributed by atoms with Crippen molar-refractivity contribution in [3.05, 3.63) is 18.3 Å². The molecular weight excluding hydrogens is 254 g/mol. The van der Waals surface area contributed by atoms with Gasteiger partial charge in [0.05, 0.1) is 11.9 Å². The highest BCUT2D eigenvalue weighted by atomic mass is 16.1. The van der Waals surface area contributed by atoms with Crippen LogP contribution in [0.1, 0.15) is 20.3 Å². The molecule has 0 unspecified atom stereocenters. The van der Waals surface area contributed by atoms with Gasteiger partial charge in [-0.3, -0.25) is 4.79 Å². The van der Waals surface area contributed by atoms with E-state index in [2.05, 4.69) is 34.4 Å². The van der Waals surface area contributed by atoms with Gasteiger partial charge in [-0.2, -0.15) is 0 Å². The average Bonchev–Trinajstić information content (AvgIpc) is 2.45. The van der Waals surface area contributed by atoms with Gasteiger partial charge in [-0.25, -0.2) is 4.98 Å².